The number of fused-ring (bicyclic) bond motifs is 9. The summed E-state index contributed by atoms with van der Waals surface area (Å²) >= 11 is 0. The van der Waals surface area contributed by atoms with Crippen LogP contribution in [0, 0.1) is 0 Å². The number of amides is 3. The zero-order valence-corrected chi connectivity index (χ0v) is 32.6. The lowest BCUT2D eigenvalue weighted by Gasteiger charge is -2.26. The van der Waals surface area contributed by atoms with E-state index in [-0.39, 0.29) is 25.9 Å². The summed E-state index contributed by atoms with van der Waals surface area (Å²) in [5, 5.41) is 12.3. The van der Waals surface area contributed by atoms with Crippen LogP contribution in [0.3, 0.4) is 0 Å². The van der Waals surface area contributed by atoms with Gasteiger partial charge in [-0.25, -0.2) is 4.79 Å². The molecule has 0 saturated heterocycles. The Hall–Kier alpha value is -6.20. The van der Waals surface area contributed by atoms with Crippen molar-refractivity contribution < 1.29 is 33.4 Å². The SMILES string of the molecule is COc1c2cc3ccccc3c1-c1c(OC)c(cc3ccccc13)CC(NC(C)=O)C(=O)N[C@H](CCCCN)C(=O)N[C@@H](C(=O)OCc1ccccc1)CC=CC2. The van der Waals surface area contributed by atoms with Gasteiger partial charge in [0.15, 0.2) is 0 Å². The first-order valence-electron chi connectivity index (χ1n) is 19.3. The molecule has 1 heterocycles. The highest BCUT2D eigenvalue weighted by molar-refractivity contribution is 6.11. The highest BCUT2D eigenvalue weighted by Gasteiger charge is 2.32. The first kappa shape index (κ1) is 40.5. The minimum Gasteiger partial charge on any atom is -0.496 e. The van der Waals surface area contributed by atoms with Crippen LogP contribution in [0.15, 0.2) is 103 Å². The largest absolute Gasteiger partial charge is 0.496 e. The minimum absolute atomic E-state index is 0.0280. The number of carbonyl (C=O) groups is 4. The van der Waals surface area contributed by atoms with Crippen molar-refractivity contribution in [1.82, 2.24) is 16.0 Å². The van der Waals surface area contributed by atoms with Gasteiger partial charge in [0.1, 0.15) is 36.2 Å². The van der Waals surface area contributed by atoms with Crippen molar-refractivity contribution in [2.24, 2.45) is 5.73 Å². The van der Waals surface area contributed by atoms with E-state index in [2.05, 4.69) is 22.0 Å². The van der Waals surface area contributed by atoms with Gasteiger partial charge in [-0.3, -0.25) is 14.4 Å². The number of allylic oxidation sites excluding steroid dienone is 1. The maximum Gasteiger partial charge on any atom is 0.329 e. The second-order valence-electron chi connectivity index (χ2n) is 14.2. The number of hydrogen-bond acceptors (Lipinski definition) is 8. The lowest BCUT2D eigenvalue weighted by Crippen LogP contribution is -2.56. The summed E-state index contributed by atoms with van der Waals surface area (Å²) in [5.41, 5.74) is 9.77. The average molecular weight is 771 g/mol. The fourth-order valence-corrected chi connectivity index (χ4v) is 7.51. The maximum atomic E-state index is 14.3. The molecular weight excluding hydrogens is 721 g/mol. The van der Waals surface area contributed by atoms with Crippen molar-refractivity contribution in [3.8, 4) is 22.6 Å². The van der Waals surface area contributed by atoms with E-state index in [1.54, 1.807) is 14.2 Å². The number of nitrogens with one attached hydrogen (secondary N) is 3. The molecule has 3 amide bonds. The molecule has 0 aromatic heterocycles. The van der Waals surface area contributed by atoms with Gasteiger partial charge in [0.25, 0.3) is 0 Å². The molecular formula is C46H50N4O7. The number of nitrogens with two attached hydrogens (primary N) is 1. The van der Waals surface area contributed by atoms with Gasteiger partial charge in [0, 0.05) is 24.5 Å². The van der Waals surface area contributed by atoms with E-state index in [1.807, 2.05) is 97.1 Å². The van der Waals surface area contributed by atoms with Crippen LogP contribution in [0.2, 0.25) is 0 Å². The summed E-state index contributed by atoms with van der Waals surface area (Å²) < 4.78 is 18.2. The second-order valence-corrected chi connectivity index (χ2v) is 14.2. The van der Waals surface area contributed by atoms with E-state index < -0.39 is 41.8 Å². The topological polar surface area (TPSA) is 158 Å². The van der Waals surface area contributed by atoms with Crippen LogP contribution >= 0.6 is 0 Å². The number of benzene rings is 5. The third kappa shape index (κ3) is 9.61. The molecule has 0 fully saturated rings. The van der Waals surface area contributed by atoms with E-state index in [1.165, 1.54) is 6.92 Å². The predicted octanol–water partition coefficient (Wildman–Crippen LogP) is 6.07. The highest BCUT2D eigenvalue weighted by Crippen LogP contribution is 2.48. The van der Waals surface area contributed by atoms with Crippen LogP contribution in [0.4, 0.5) is 0 Å². The molecule has 0 aliphatic carbocycles. The van der Waals surface area contributed by atoms with Gasteiger partial charge in [-0.15, -0.1) is 0 Å². The van der Waals surface area contributed by atoms with Crippen LogP contribution in [0.25, 0.3) is 32.7 Å². The van der Waals surface area contributed by atoms with Crippen molar-refractivity contribution in [2.75, 3.05) is 20.8 Å². The quantitative estimate of drug-likeness (QED) is 0.0758. The van der Waals surface area contributed by atoms with Crippen molar-refractivity contribution in [3.05, 3.63) is 120 Å². The summed E-state index contributed by atoms with van der Waals surface area (Å²) in [5.74, 6) is -0.979. The number of hydrogen-bond donors (Lipinski definition) is 4. The summed E-state index contributed by atoms with van der Waals surface area (Å²) in [6.45, 7) is 1.78. The van der Waals surface area contributed by atoms with E-state index >= 15 is 0 Å². The normalized spacial score (nSPS) is 17.5. The molecule has 1 aliphatic heterocycles. The standard InChI is InChI=1S/C46H50N4O7/c1-29(51)48-39-27-34-26-32-18-8-11-21-36(32)41(43(34)56-3)40-35-20-10-7-17-31(35)25-33(42(40)55-2)19-9-12-23-38(46(54)57-28-30-15-5-4-6-16-30)50-44(52)37(49-45(39)53)22-13-14-24-47/h4-12,15-18,20-21,25-26,37-39H,13-14,19,22-24,27-28,47H2,1-3H3,(H,48,51)(H,49,53)(H,50,52)/t37-,38-,39?/m1/s1. The molecule has 6 rings (SSSR count). The first-order valence-corrected chi connectivity index (χ1v) is 19.3. The number of rotatable bonds is 10. The second kappa shape index (κ2) is 19.1. The smallest absolute Gasteiger partial charge is 0.329 e. The molecule has 0 radical (unpaired) electrons. The van der Waals surface area contributed by atoms with E-state index in [4.69, 9.17) is 19.9 Å². The van der Waals surface area contributed by atoms with Crippen molar-refractivity contribution in [2.45, 2.75) is 70.2 Å². The Kier molecular flexibility index (Phi) is 13.6. The van der Waals surface area contributed by atoms with Crippen molar-refractivity contribution in [3.63, 3.8) is 0 Å². The zero-order valence-electron chi connectivity index (χ0n) is 32.6. The molecule has 11 heteroatoms. The summed E-state index contributed by atoms with van der Waals surface area (Å²) in [7, 11) is 3.23. The Morgan fingerprint density at radius 2 is 1.39 bits per heavy atom. The summed E-state index contributed by atoms with van der Waals surface area (Å²) in [6.07, 6.45) is 5.83. The fourth-order valence-electron chi connectivity index (χ4n) is 7.51. The van der Waals surface area contributed by atoms with Gasteiger partial charge in [-0.05, 0) is 89.0 Å². The number of carbonyl (C=O) groups excluding carboxylic acids is 4. The van der Waals surface area contributed by atoms with Gasteiger partial charge in [0.2, 0.25) is 17.7 Å². The number of ether oxygens (including phenoxy) is 3. The Morgan fingerprint density at radius 1 is 0.772 bits per heavy atom. The van der Waals surface area contributed by atoms with E-state index in [9.17, 15) is 19.2 Å². The molecule has 5 aromatic rings. The maximum absolute atomic E-state index is 14.3. The Labute approximate surface area is 332 Å². The van der Waals surface area contributed by atoms with E-state index in [0.29, 0.717) is 42.9 Å². The molecule has 296 valence electrons. The Bertz CT molecular complexity index is 2270. The molecule has 57 heavy (non-hydrogen) atoms. The van der Waals surface area contributed by atoms with Gasteiger partial charge >= 0.3 is 5.97 Å². The molecule has 5 aromatic carbocycles. The third-order valence-corrected chi connectivity index (χ3v) is 10.2. The minimum atomic E-state index is -1.09. The number of methoxy groups -OCH3 is 2. The monoisotopic (exact) mass is 770 g/mol. The Balaban J connectivity index is 1.52. The van der Waals surface area contributed by atoms with Gasteiger partial charge < -0.3 is 35.9 Å². The number of esters is 1. The van der Waals surface area contributed by atoms with Crippen LogP contribution in [0.1, 0.15) is 49.3 Å². The lowest BCUT2D eigenvalue weighted by atomic mass is 9.87. The highest BCUT2D eigenvalue weighted by atomic mass is 16.5. The molecule has 11 nitrogen and oxygen atoms in total. The van der Waals surface area contributed by atoms with Crippen LogP contribution in [0.5, 0.6) is 11.5 Å². The molecule has 0 spiro atoms. The molecule has 4 bridgehead atoms. The fraction of sp³-hybridized carbons (Fsp3) is 0.304. The average Bonchev–Trinajstić information content (AvgIpc) is 3.22. The van der Waals surface area contributed by atoms with Crippen LogP contribution < -0.4 is 31.2 Å². The van der Waals surface area contributed by atoms with Crippen LogP contribution in [-0.4, -0.2) is 62.6 Å². The molecule has 0 saturated carbocycles. The lowest BCUT2D eigenvalue weighted by molar-refractivity contribution is -0.149. The van der Waals surface area contributed by atoms with Gasteiger partial charge in [-0.2, -0.15) is 0 Å². The van der Waals surface area contributed by atoms with E-state index in [0.717, 1.165) is 43.8 Å². The predicted molar refractivity (Wildman–Crippen MR) is 222 cm³/mol. The summed E-state index contributed by atoms with van der Waals surface area (Å²) in [6, 6.07) is 26.2. The molecule has 1 unspecified atom stereocenters. The van der Waals surface area contributed by atoms with Crippen LogP contribution in [-0.2, 0) is 43.4 Å². The van der Waals surface area contributed by atoms with Gasteiger partial charge in [0.05, 0.1) is 14.2 Å². The van der Waals surface area contributed by atoms with Crippen molar-refractivity contribution in [1.29, 1.82) is 0 Å². The third-order valence-electron chi connectivity index (χ3n) is 10.2. The molecule has 3 atom stereocenters. The Morgan fingerprint density at radius 3 is 2.02 bits per heavy atom. The van der Waals surface area contributed by atoms with Gasteiger partial charge in [-0.1, -0.05) is 91.0 Å². The number of unbranched alkanes of at least 4 members (excludes halogenated alkanes) is 1. The first-order chi connectivity index (χ1) is 27.7. The van der Waals surface area contributed by atoms with Crippen molar-refractivity contribution >= 4 is 45.2 Å². The summed E-state index contributed by atoms with van der Waals surface area (Å²) in [4.78, 5) is 54.7. The molecule has 1 aliphatic rings. The molecule has 5 N–H and O–H groups in total. The zero-order chi connectivity index (χ0) is 40.3.